The number of ether oxygens (including phenoxy) is 1. The highest BCUT2D eigenvalue weighted by atomic mass is 16.5. The SMILES string of the molecule is COC(=O)N(C)CC(=O)Nc1ccc(CC(=O)N(C)c2ccccc2)cc1. The van der Waals surface area contributed by atoms with Gasteiger partial charge in [-0.15, -0.1) is 0 Å². The summed E-state index contributed by atoms with van der Waals surface area (Å²) in [5.41, 5.74) is 2.26. The average Bonchev–Trinajstić information content (AvgIpc) is 2.68. The lowest BCUT2D eigenvalue weighted by molar-refractivity contribution is -0.118. The van der Waals surface area contributed by atoms with Crippen molar-refractivity contribution in [2.75, 3.05) is 38.0 Å². The molecule has 3 amide bonds. The van der Waals surface area contributed by atoms with E-state index in [0.717, 1.165) is 11.3 Å². The Morgan fingerprint density at radius 2 is 1.59 bits per heavy atom. The number of carbonyl (C=O) groups excluding carboxylic acids is 3. The van der Waals surface area contributed by atoms with E-state index in [4.69, 9.17) is 0 Å². The fourth-order valence-electron chi connectivity index (χ4n) is 2.43. The van der Waals surface area contributed by atoms with Crippen LogP contribution in [0, 0.1) is 0 Å². The number of likely N-dealkylation sites (N-methyl/N-ethyl adjacent to an activating group) is 2. The third kappa shape index (κ3) is 5.85. The first kappa shape index (κ1) is 20.0. The number of para-hydroxylation sites is 1. The summed E-state index contributed by atoms with van der Waals surface area (Å²) < 4.78 is 4.54. The summed E-state index contributed by atoms with van der Waals surface area (Å²) in [4.78, 5) is 38.4. The molecule has 27 heavy (non-hydrogen) atoms. The molecule has 0 aromatic heterocycles. The molecular formula is C20H23N3O4. The van der Waals surface area contributed by atoms with Gasteiger partial charge >= 0.3 is 6.09 Å². The summed E-state index contributed by atoms with van der Waals surface area (Å²) in [5, 5.41) is 2.70. The van der Waals surface area contributed by atoms with Crippen LogP contribution in [0.3, 0.4) is 0 Å². The van der Waals surface area contributed by atoms with Crippen molar-refractivity contribution in [2.24, 2.45) is 0 Å². The van der Waals surface area contributed by atoms with Crippen LogP contribution in [-0.4, -0.2) is 50.6 Å². The Kier molecular flexibility index (Phi) is 6.93. The van der Waals surface area contributed by atoms with Crippen molar-refractivity contribution in [1.82, 2.24) is 4.90 Å². The molecule has 0 aliphatic heterocycles. The van der Waals surface area contributed by atoms with Crippen LogP contribution in [0.4, 0.5) is 16.2 Å². The van der Waals surface area contributed by atoms with Crippen molar-refractivity contribution in [3.63, 3.8) is 0 Å². The van der Waals surface area contributed by atoms with E-state index in [-0.39, 0.29) is 24.8 Å². The van der Waals surface area contributed by atoms with Crippen LogP contribution in [0.1, 0.15) is 5.56 Å². The first-order chi connectivity index (χ1) is 12.9. The molecule has 1 N–H and O–H groups in total. The number of carbonyl (C=O) groups is 3. The molecule has 2 rings (SSSR count). The van der Waals surface area contributed by atoms with E-state index < -0.39 is 6.09 Å². The van der Waals surface area contributed by atoms with Gasteiger partial charge in [-0.3, -0.25) is 9.59 Å². The van der Waals surface area contributed by atoms with Crippen molar-refractivity contribution in [2.45, 2.75) is 6.42 Å². The molecular weight excluding hydrogens is 346 g/mol. The summed E-state index contributed by atoms with van der Waals surface area (Å²) in [5.74, 6) is -0.367. The topological polar surface area (TPSA) is 79.0 Å². The Balaban J connectivity index is 1.90. The highest BCUT2D eigenvalue weighted by Crippen LogP contribution is 2.15. The summed E-state index contributed by atoms with van der Waals surface area (Å²) >= 11 is 0. The fraction of sp³-hybridized carbons (Fsp3) is 0.250. The van der Waals surface area contributed by atoms with Crippen LogP contribution in [-0.2, 0) is 20.7 Å². The molecule has 0 fully saturated rings. The minimum atomic E-state index is -0.582. The van der Waals surface area contributed by atoms with Crippen molar-refractivity contribution in [3.05, 3.63) is 60.2 Å². The highest BCUT2D eigenvalue weighted by Gasteiger charge is 2.14. The largest absolute Gasteiger partial charge is 0.453 e. The number of benzene rings is 2. The Hall–Kier alpha value is -3.35. The van der Waals surface area contributed by atoms with Gasteiger partial charge in [0.05, 0.1) is 13.5 Å². The first-order valence-corrected chi connectivity index (χ1v) is 8.40. The number of amides is 3. The summed E-state index contributed by atoms with van der Waals surface area (Å²) in [6.07, 6.45) is -0.327. The lowest BCUT2D eigenvalue weighted by Gasteiger charge is -2.17. The third-order valence-electron chi connectivity index (χ3n) is 3.98. The van der Waals surface area contributed by atoms with Crippen LogP contribution in [0.25, 0.3) is 0 Å². The van der Waals surface area contributed by atoms with Crippen molar-refractivity contribution in [1.29, 1.82) is 0 Å². The second-order valence-electron chi connectivity index (χ2n) is 6.04. The highest BCUT2D eigenvalue weighted by molar-refractivity contribution is 5.95. The van der Waals surface area contributed by atoms with E-state index in [2.05, 4.69) is 10.1 Å². The molecule has 0 aliphatic carbocycles. The van der Waals surface area contributed by atoms with Gasteiger partial charge in [-0.1, -0.05) is 30.3 Å². The quantitative estimate of drug-likeness (QED) is 0.849. The lowest BCUT2D eigenvalue weighted by Crippen LogP contribution is -2.34. The molecule has 7 nitrogen and oxygen atoms in total. The van der Waals surface area contributed by atoms with Crippen molar-refractivity contribution < 1.29 is 19.1 Å². The van der Waals surface area contributed by atoms with Gasteiger partial charge in [-0.25, -0.2) is 4.79 Å². The van der Waals surface area contributed by atoms with E-state index in [1.54, 1.807) is 36.2 Å². The molecule has 7 heteroatoms. The van der Waals surface area contributed by atoms with Gasteiger partial charge < -0.3 is 19.9 Å². The molecule has 2 aromatic carbocycles. The van der Waals surface area contributed by atoms with E-state index in [9.17, 15) is 14.4 Å². The van der Waals surface area contributed by atoms with Crippen molar-refractivity contribution in [3.8, 4) is 0 Å². The van der Waals surface area contributed by atoms with Crippen LogP contribution < -0.4 is 10.2 Å². The number of methoxy groups -OCH3 is 1. The molecule has 0 spiro atoms. The Bertz CT molecular complexity index is 791. The molecule has 0 atom stereocenters. The Labute approximate surface area is 158 Å². The van der Waals surface area contributed by atoms with Gasteiger partial charge in [0.2, 0.25) is 11.8 Å². The predicted molar refractivity (Wildman–Crippen MR) is 104 cm³/mol. The van der Waals surface area contributed by atoms with Gasteiger partial charge in [-0.05, 0) is 29.8 Å². The van der Waals surface area contributed by atoms with Crippen LogP contribution in [0.15, 0.2) is 54.6 Å². The molecule has 2 aromatic rings. The van der Waals surface area contributed by atoms with Crippen LogP contribution in [0.2, 0.25) is 0 Å². The van der Waals surface area contributed by atoms with Crippen LogP contribution in [0.5, 0.6) is 0 Å². The van der Waals surface area contributed by atoms with Gasteiger partial charge in [0.25, 0.3) is 0 Å². The number of nitrogens with zero attached hydrogens (tertiary/aromatic N) is 2. The molecule has 0 heterocycles. The smallest absolute Gasteiger partial charge is 0.409 e. The number of anilines is 2. The summed E-state index contributed by atoms with van der Waals surface area (Å²) in [6.45, 7) is -0.116. The fourth-order valence-corrected chi connectivity index (χ4v) is 2.43. The molecule has 142 valence electrons. The van der Waals surface area contributed by atoms with E-state index in [1.807, 2.05) is 30.3 Å². The molecule has 0 saturated heterocycles. The summed E-state index contributed by atoms with van der Waals surface area (Å²) in [6, 6.07) is 16.4. The number of hydrogen-bond acceptors (Lipinski definition) is 4. The van der Waals surface area contributed by atoms with Gasteiger partial charge in [0, 0.05) is 25.5 Å². The molecule has 0 saturated carbocycles. The normalized spacial score (nSPS) is 10.0. The summed E-state index contributed by atoms with van der Waals surface area (Å²) in [7, 11) is 4.47. The third-order valence-corrected chi connectivity index (χ3v) is 3.98. The second kappa shape index (κ2) is 9.38. The van der Waals surface area contributed by atoms with Crippen molar-refractivity contribution >= 4 is 29.3 Å². The zero-order valence-corrected chi connectivity index (χ0v) is 15.6. The molecule has 0 aliphatic rings. The Morgan fingerprint density at radius 3 is 2.19 bits per heavy atom. The van der Waals surface area contributed by atoms with Gasteiger partial charge in [-0.2, -0.15) is 0 Å². The minimum absolute atomic E-state index is 0.0299. The Morgan fingerprint density at radius 1 is 0.963 bits per heavy atom. The number of rotatable bonds is 6. The maximum atomic E-state index is 12.4. The molecule has 0 unspecified atom stereocenters. The number of hydrogen-bond donors (Lipinski definition) is 1. The monoisotopic (exact) mass is 369 g/mol. The zero-order valence-electron chi connectivity index (χ0n) is 15.6. The second-order valence-corrected chi connectivity index (χ2v) is 6.04. The van der Waals surface area contributed by atoms with Crippen LogP contribution >= 0.6 is 0 Å². The number of nitrogens with one attached hydrogen (secondary N) is 1. The predicted octanol–water partition coefficient (Wildman–Crippen LogP) is 2.53. The van der Waals surface area contributed by atoms with E-state index in [1.165, 1.54) is 19.1 Å². The molecule has 0 radical (unpaired) electrons. The van der Waals surface area contributed by atoms with E-state index in [0.29, 0.717) is 5.69 Å². The van der Waals surface area contributed by atoms with E-state index >= 15 is 0 Å². The minimum Gasteiger partial charge on any atom is -0.453 e. The molecule has 0 bridgehead atoms. The zero-order chi connectivity index (χ0) is 19.8. The maximum Gasteiger partial charge on any atom is 0.409 e. The first-order valence-electron chi connectivity index (χ1n) is 8.40. The standard InChI is InChI=1S/C20H23N3O4/c1-22(20(26)27-3)14-18(24)21-16-11-9-15(10-12-16)13-19(25)23(2)17-7-5-4-6-8-17/h4-12H,13-14H2,1-3H3,(H,21,24). The van der Waals surface area contributed by atoms with Gasteiger partial charge in [0.1, 0.15) is 6.54 Å². The van der Waals surface area contributed by atoms with Gasteiger partial charge in [0.15, 0.2) is 0 Å². The lowest BCUT2D eigenvalue weighted by atomic mass is 10.1. The maximum absolute atomic E-state index is 12.4. The average molecular weight is 369 g/mol.